The van der Waals surface area contributed by atoms with Gasteiger partial charge in [-0.25, -0.2) is 0 Å². The van der Waals surface area contributed by atoms with Gasteiger partial charge in [-0.2, -0.15) is 0 Å². The standard InChI is InChI=1S/C19H27NO4/c21-19(22)8-4-5-11-20(16-6-2-1-3-7-16)13-15-9-10-17-18(12-15)24-14-23-17/h9-10,12,16H,1-8,11,13-14H2,(H,21,22). The largest absolute Gasteiger partial charge is 0.481 e. The normalized spacial score (nSPS) is 17.4. The zero-order chi connectivity index (χ0) is 16.8. The van der Waals surface area contributed by atoms with Crippen molar-refractivity contribution >= 4 is 5.97 Å². The fourth-order valence-corrected chi connectivity index (χ4v) is 3.70. The molecule has 3 rings (SSSR count). The fourth-order valence-electron chi connectivity index (χ4n) is 3.70. The molecule has 0 unspecified atom stereocenters. The van der Waals surface area contributed by atoms with Crippen molar-refractivity contribution in [1.29, 1.82) is 0 Å². The van der Waals surface area contributed by atoms with E-state index in [1.54, 1.807) is 0 Å². The molecular formula is C19H27NO4. The van der Waals surface area contributed by atoms with E-state index in [0.29, 0.717) is 12.8 Å². The number of ether oxygens (including phenoxy) is 2. The fraction of sp³-hybridized carbons (Fsp3) is 0.632. The van der Waals surface area contributed by atoms with Gasteiger partial charge in [0.15, 0.2) is 11.5 Å². The number of fused-ring (bicyclic) bond motifs is 1. The molecule has 1 N–H and O–H groups in total. The van der Waals surface area contributed by atoms with Crippen LogP contribution in [0.25, 0.3) is 0 Å². The van der Waals surface area contributed by atoms with Crippen LogP contribution in [-0.4, -0.2) is 35.4 Å². The topological polar surface area (TPSA) is 59.0 Å². The van der Waals surface area contributed by atoms with E-state index in [-0.39, 0.29) is 6.42 Å². The lowest BCUT2D eigenvalue weighted by Gasteiger charge is -2.34. The molecule has 2 aliphatic rings. The number of carboxylic acids is 1. The lowest BCUT2D eigenvalue weighted by Crippen LogP contribution is -2.37. The minimum absolute atomic E-state index is 0.266. The van der Waals surface area contributed by atoms with Gasteiger partial charge in [-0.1, -0.05) is 25.3 Å². The molecule has 1 heterocycles. The number of carboxylic acid groups (broad SMARTS) is 1. The molecule has 1 aromatic rings. The van der Waals surface area contributed by atoms with Crippen LogP contribution >= 0.6 is 0 Å². The van der Waals surface area contributed by atoms with Crippen LogP contribution in [0.4, 0.5) is 0 Å². The molecule has 132 valence electrons. The summed E-state index contributed by atoms with van der Waals surface area (Å²) in [6.07, 6.45) is 8.41. The summed E-state index contributed by atoms with van der Waals surface area (Å²) < 4.78 is 10.9. The molecule has 1 aliphatic heterocycles. The Morgan fingerprint density at radius 2 is 1.92 bits per heavy atom. The molecule has 1 aliphatic carbocycles. The summed E-state index contributed by atoms with van der Waals surface area (Å²) in [7, 11) is 0. The van der Waals surface area contributed by atoms with Gasteiger partial charge in [-0.3, -0.25) is 9.69 Å². The van der Waals surface area contributed by atoms with E-state index < -0.39 is 5.97 Å². The van der Waals surface area contributed by atoms with Crippen molar-refractivity contribution in [2.24, 2.45) is 0 Å². The third-order valence-electron chi connectivity index (χ3n) is 5.00. The van der Waals surface area contributed by atoms with Crippen LogP contribution in [0.2, 0.25) is 0 Å². The van der Waals surface area contributed by atoms with Gasteiger partial charge in [-0.15, -0.1) is 0 Å². The molecule has 5 heteroatoms. The highest BCUT2D eigenvalue weighted by Gasteiger charge is 2.22. The van der Waals surface area contributed by atoms with Crippen molar-refractivity contribution in [3.05, 3.63) is 23.8 Å². The van der Waals surface area contributed by atoms with Crippen LogP contribution in [0.1, 0.15) is 56.9 Å². The Bertz CT molecular complexity index is 554. The van der Waals surface area contributed by atoms with Crippen molar-refractivity contribution in [3.8, 4) is 11.5 Å². The van der Waals surface area contributed by atoms with Crippen LogP contribution in [0.3, 0.4) is 0 Å². The summed E-state index contributed by atoms with van der Waals surface area (Å²) in [6.45, 7) is 2.17. The lowest BCUT2D eigenvalue weighted by molar-refractivity contribution is -0.137. The van der Waals surface area contributed by atoms with Crippen molar-refractivity contribution in [2.45, 2.75) is 64.0 Å². The first-order chi connectivity index (χ1) is 11.7. The summed E-state index contributed by atoms with van der Waals surface area (Å²) >= 11 is 0. The van der Waals surface area contributed by atoms with Crippen LogP contribution in [-0.2, 0) is 11.3 Å². The van der Waals surface area contributed by atoms with Crippen LogP contribution in [0, 0.1) is 0 Å². The summed E-state index contributed by atoms with van der Waals surface area (Å²) in [4.78, 5) is 13.2. The quantitative estimate of drug-likeness (QED) is 0.733. The monoisotopic (exact) mass is 333 g/mol. The van der Waals surface area contributed by atoms with E-state index in [1.807, 2.05) is 6.07 Å². The van der Waals surface area contributed by atoms with Crippen LogP contribution in [0.15, 0.2) is 18.2 Å². The molecule has 24 heavy (non-hydrogen) atoms. The molecular weight excluding hydrogens is 306 g/mol. The van der Waals surface area contributed by atoms with Crippen molar-refractivity contribution < 1.29 is 19.4 Å². The minimum atomic E-state index is -0.699. The highest BCUT2D eigenvalue weighted by molar-refractivity contribution is 5.66. The zero-order valence-electron chi connectivity index (χ0n) is 14.2. The molecule has 0 amide bonds. The second-order valence-corrected chi connectivity index (χ2v) is 6.80. The maximum Gasteiger partial charge on any atom is 0.303 e. The number of unbranched alkanes of at least 4 members (excludes halogenated alkanes) is 1. The highest BCUT2D eigenvalue weighted by Crippen LogP contribution is 2.33. The molecule has 1 aromatic carbocycles. The van der Waals surface area contributed by atoms with Gasteiger partial charge in [0.05, 0.1) is 0 Å². The van der Waals surface area contributed by atoms with E-state index in [4.69, 9.17) is 14.6 Å². The van der Waals surface area contributed by atoms with E-state index in [9.17, 15) is 4.79 Å². The van der Waals surface area contributed by atoms with Gasteiger partial charge in [0.2, 0.25) is 6.79 Å². The van der Waals surface area contributed by atoms with Gasteiger partial charge in [0, 0.05) is 19.0 Å². The summed E-state index contributed by atoms with van der Waals surface area (Å²) in [5.41, 5.74) is 1.24. The number of nitrogens with zero attached hydrogens (tertiary/aromatic N) is 1. The molecule has 1 saturated carbocycles. The zero-order valence-corrected chi connectivity index (χ0v) is 14.2. The van der Waals surface area contributed by atoms with E-state index >= 15 is 0 Å². The second-order valence-electron chi connectivity index (χ2n) is 6.80. The maximum absolute atomic E-state index is 10.7. The average molecular weight is 333 g/mol. The predicted octanol–water partition coefficient (Wildman–Crippen LogP) is 3.80. The first-order valence-corrected chi connectivity index (χ1v) is 9.07. The third-order valence-corrected chi connectivity index (χ3v) is 5.00. The van der Waals surface area contributed by atoms with Crippen molar-refractivity contribution in [3.63, 3.8) is 0 Å². The number of rotatable bonds is 8. The van der Waals surface area contributed by atoms with Crippen molar-refractivity contribution in [2.75, 3.05) is 13.3 Å². The molecule has 0 spiro atoms. The second kappa shape index (κ2) is 8.38. The minimum Gasteiger partial charge on any atom is -0.481 e. The number of aliphatic carboxylic acids is 1. The van der Waals surface area contributed by atoms with E-state index in [2.05, 4.69) is 17.0 Å². The number of benzene rings is 1. The number of hydrogen-bond donors (Lipinski definition) is 1. The first kappa shape index (κ1) is 17.1. The third kappa shape index (κ3) is 4.63. The van der Waals surface area contributed by atoms with Gasteiger partial charge in [0.25, 0.3) is 0 Å². The van der Waals surface area contributed by atoms with E-state index in [0.717, 1.165) is 37.4 Å². The summed E-state index contributed by atoms with van der Waals surface area (Å²) in [6, 6.07) is 6.80. The van der Waals surface area contributed by atoms with Crippen LogP contribution in [0.5, 0.6) is 11.5 Å². The number of carbonyl (C=O) groups is 1. The van der Waals surface area contributed by atoms with Gasteiger partial charge in [0.1, 0.15) is 0 Å². The van der Waals surface area contributed by atoms with Gasteiger partial charge in [-0.05, 0) is 49.9 Å². The Hall–Kier alpha value is -1.75. The Labute approximate surface area is 143 Å². The Morgan fingerprint density at radius 3 is 2.71 bits per heavy atom. The molecule has 0 bridgehead atoms. The average Bonchev–Trinajstić information content (AvgIpc) is 3.06. The first-order valence-electron chi connectivity index (χ1n) is 9.07. The molecule has 0 aromatic heterocycles. The smallest absolute Gasteiger partial charge is 0.303 e. The SMILES string of the molecule is O=C(O)CCCCN(Cc1ccc2c(c1)OCO2)C1CCCCC1. The molecule has 0 atom stereocenters. The highest BCUT2D eigenvalue weighted by atomic mass is 16.7. The Morgan fingerprint density at radius 1 is 1.12 bits per heavy atom. The van der Waals surface area contributed by atoms with Gasteiger partial charge < -0.3 is 14.6 Å². The molecule has 5 nitrogen and oxygen atoms in total. The summed E-state index contributed by atoms with van der Waals surface area (Å²) in [5.74, 6) is 0.960. The number of hydrogen-bond acceptors (Lipinski definition) is 4. The Balaban J connectivity index is 1.61. The molecule has 0 radical (unpaired) electrons. The lowest BCUT2D eigenvalue weighted by atomic mass is 9.93. The van der Waals surface area contributed by atoms with Crippen LogP contribution < -0.4 is 9.47 Å². The van der Waals surface area contributed by atoms with Crippen molar-refractivity contribution in [1.82, 2.24) is 4.90 Å². The van der Waals surface area contributed by atoms with Gasteiger partial charge >= 0.3 is 5.97 Å². The predicted molar refractivity (Wildman–Crippen MR) is 91.3 cm³/mol. The van der Waals surface area contributed by atoms with E-state index in [1.165, 1.54) is 37.7 Å². The Kier molecular flexibility index (Phi) is 5.96. The molecule has 0 saturated heterocycles. The maximum atomic E-state index is 10.7. The summed E-state index contributed by atoms with van der Waals surface area (Å²) in [5, 5.41) is 8.81. The molecule has 1 fully saturated rings.